The summed E-state index contributed by atoms with van der Waals surface area (Å²) in [5, 5.41) is 18.2. The Morgan fingerprint density at radius 3 is 2.27 bits per heavy atom. The number of carbonyl (C=O) groups is 2. The molecule has 0 aliphatic carbocycles. The summed E-state index contributed by atoms with van der Waals surface area (Å²) in [5.74, 6) is -1.35. The summed E-state index contributed by atoms with van der Waals surface area (Å²) in [6.07, 6.45) is 1.65. The number of nitrogens with one attached hydrogen (secondary N) is 1. The third kappa shape index (κ3) is 6.50. The van der Waals surface area contributed by atoms with Crippen LogP contribution in [-0.4, -0.2) is 31.3 Å². The molecule has 11 heteroatoms. The Hall–Kier alpha value is -3.57. The van der Waals surface area contributed by atoms with Crippen LogP contribution >= 0.6 is 0 Å². The minimum atomic E-state index is -3.84. The monoisotopic (exact) mass is 433 g/mol. The molecule has 0 bridgehead atoms. The highest BCUT2D eigenvalue weighted by Crippen LogP contribution is 2.15. The van der Waals surface area contributed by atoms with Crippen molar-refractivity contribution >= 4 is 39.4 Å². The van der Waals surface area contributed by atoms with Gasteiger partial charge in [-0.2, -0.15) is 0 Å². The SMILES string of the molecule is CC[C@H](OC(=O)/C=C/c1ccc([N+](=O)[O-])cc1)C(=O)Nc1ccc(S(N)(=O)=O)cc1. The van der Waals surface area contributed by atoms with E-state index in [0.29, 0.717) is 11.3 Å². The number of rotatable bonds is 8. The van der Waals surface area contributed by atoms with Crippen molar-refractivity contribution in [1.82, 2.24) is 0 Å². The molecule has 30 heavy (non-hydrogen) atoms. The average Bonchev–Trinajstić information content (AvgIpc) is 2.70. The van der Waals surface area contributed by atoms with Gasteiger partial charge in [0.2, 0.25) is 10.0 Å². The second-order valence-corrected chi connectivity index (χ2v) is 7.64. The van der Waals surface area contributed by atoms with Gasteiger partial charge in [0.05, 0.1) is 9.82 Å². The third-order valence-electron chi connectivity index (χ3n) is 3.89. The largest absolute Gasteiger partial charge is 0.449 e. The zero-order chi connectivity index (χ0) is 22.3. The van der Waals surface area contributed by atoms with Gasteiger partial charge >= 0.3 is 5.97 Å². The maximum atomic E-state index is 12.3. The van der Waals surface area contributed by atoms with E-state index in [2.05, 4.69) is 5.32 Å². The number of primary sulfonamides is 1. The second-order valence-electron chi connectivity index (χ2n) is 6.07. The summed E-state index contributed by atoms with van der Waals surface area (Å²) in [5.41, 5.74) is 0.780. The molecule has 0 aliphatic heterocycles. The Kier molecular flexibility index (Phi) is 7.39. The number of anilines is 1. The zero-order valence-corrected chi connectivity index (χ0v) is 16.7. The van der Waals surface area contributed by atoms with Crippen LogP contribution in [0.25, 0.3) is 6.08 Å². The normalized spacial score (nSPS) is 12.3. The Balaban J connectivity index is 1.97. The van der Waals surface area contributed by atoms with E-state index in [1.807, 2.05) is 0 Å². The minimum absolute atomic E-state index is 0.0745. The van der Waals surface area contributed by atoms with E-state index in [9.17, 15) is 28.1 Å². The highest BCUT2D eigenvalue weighted by atomic mass is 32.2. The summed E-state index contributed by atoms with van der Waals surface area (Å²) in [7, 11) is -3.84. The molecule has 3 N–H and O–H groups in total. The molecule has 0 radical (unpaired) electrons. The van der Waals surface area contributed by atoms with Crippen LogP contribution in [0, 0.1) is 10.1 Å². The van der Waals surface area contributed by atoms with E-state index in [-0.39, 0.29) is 17.0 Å². The molecular weight excluding hydrogens is 414 g/mol. The molecule has 0 heterocycles. The van der Waals surface area contributed by atoms with Crippen LogP contribution in [0.2, 0.25) is 0 Å². The number of ether oxygens (including phenoxy) is 1. The van der Waals surface area contributed by atoms with Crippen molar-refractivity contribution < 1.29 is 27.7 Å². The van der Waals surface area contributed by atoms with Crippen LogP contribution in [-0.2, 0) is 24.3 Å². The van der Waals surface area contributed by atoms with Crippen molar-refractivity contribution in [2.75, 3.05) is 5.32 Å². The van der Waals surface area contributed by atoms with Gasteiger partial charge in [0.15, 0.2) is 6.10 Å². The number of esters is 1. The molecule has 2 aromatic carbocycles. The number of hydrogen-bond acceptors (Lipinski definition) is 7. The smallest absolute Gasteiger partial charge is 0.331 e. The molecule has 0 saturated carbocycles. The van der Waals surface area contributed by atoms with Crippen LogP contribution in [0.4, 0.5) is 11.4 Å². The number of nitro benzene ring substituents is 1. The lowest BCUT2D eigenvalue weighted by Crippen LogP contribution is -2.31. The van der Waals surface area contributed by atoms with Crippen molar-refractivity contribution in [3.63, 3.8) is 0 Å². The fourth-order valence-electron chi connectivity index (χ4n) is 2.32. The Bertz CT molecular complexity index is 1060. The van der Waals surface area contributed by atoms with E-state index in [0.717, 1.165) is 6.08 Å². The van der Waals surface area contributed by atoms with Crippen molar-refractivity contribution in [2.45, 2.75) is 24.3 Å². The number of nitrogens with two attached hydrogens (primary N) is 1. The molecule has 10 nitrogen and oxygen atoms in total. The number of amides is 1. The maximum Gasteiger partial charge on any atom is 0.331 e. The third-order valence-corrected chi connectivity index (χ3v) is 4.82. The number of hydrogen-bond donors (Lipinski definition) is 2. The summed E-state index contributed by atoms with van der Waals surface area (Å²) in [6.45, 7) is 1.65. The van der Waals surface area contributed by atoms with Crippen LogP contribution in [0.1, 0.15) is 18.9 Å². The Morgan fingerprint density at radius 1 is 1.17 bits per heavy atom. The first-order valence-corrected chi connectivity index (χ1v) is 10.2. The number of nitro groups is 1. The van der Waals surface area contributed by atoms with Gasteiger partial charge in [0, 0.05) is 23.9 Å². The fourth-order valence-corrected chi connectivity index (χ4v) is 2.84. The number of sulfonamides is 1. The molecule has 0 aromatic heterocycles. The van der Waals surface area contributed by atoms with Gasteiger partial charge in [-0.15, -0.1) is 0 Å². The first-order valence-electron chi connectivity index (χ1n) is 8.67. The second kappa shape index (κ2) is 9.76. The van der Waals surface area contributed by atoms with Gasteiger partial charge in [-0.25, -0.2) is 18.4 Å². The lowest BCUT2D eigenvalue weighted by molar-refractivity contribution is -0.384. The van der Waals surface area contributed by atoms with E-state index in [4.69, 9.17) is 9.88 Å². The van der Waals surface area contributed by atoms with Gasteiger partial charge < -0.3 is 10.1 Å². The van der Waals surface area contributed by atoms with Crippen molar-refractivity contribution in [3.05, 3.63) is 70.3 Å². The van der Waals surface area contributed by atoms with Gasteiger partial charge in [-0.1, -0.05) is 6.92 Å². The van der Waals surface area contributed by atoms with Crippen LogP contribution in [0.3, 0.4) is 0 Å². The standard InChI is InChI=1S/C19H19N3O7S/c1-2-17(19(24)21-14-6-10-16(11-7-14)30(20,27)28)29-18(23)12-5-13-3-8-15(9-4-13)22(25)26/h3-12,17H,2H2,1H3,(H,21,24)(H2,20,27,28)/b12-5+/t17-/m0/s1. The molecule has 0 unspecified atom stereocenters. The first kappa shape index (κ1) is 22.7. The van der Waals surface area contributed by atoms with E-state index in [1.54, 1.807) is 6.92 Å². The summed E-state index contributed by atoms with van der Waals surface area (Å²) < 4.78 is 27.6. The zero-order valence-electron chi connectivity index (χ0n) is 15.8. The first-order chi connectivity index (χ1) is 14.1. The van der Waals surface area contributed by atoms with Gasteiger partial charge in [-0.3, -0.25) is 14.9 Å². The van der Waals surface area contributed by atoms with Crippen LogP contribution in [0.5, 0.6) is 0 Å². The minimum Gasteiger partial charge on any atom is -0.449 e. The lowest BCUT2D eigenvalue weighted by atomic mass is 10.2. The lowest BCUT2D eigenvalue weighted by Gasteiger charge is -2.15. The predicted octanol–water partition coefficient (Wildman–Crippen LogP) is 2.22. The van der Waals surface area contributed by atoms with Crippen LogP contribution < -0.4 is 10.5 Å². The van der Waals surface area contributed by atoms with Crippen molar-refractivity contribution in [3.8, 4) is 0 Å². The molecule has 0 spiro atoms. The molecule has 1 atom stereocenters. The van der Waals surface area contributed by atoms with Gasteiger partial charge in [0.25, 0.3) is 11.6 Å². The molecule has 158 valence electrons. The molecule has 0 saturated heterocycles. The number of non-ortho nitro benzene ring substituents is 1. The quantitative estimate of drug-likeness (QED) is 0.279. The number of benzene rings is 2. The van der Waals surface area contributed by atoms with Gasteiger partial charge in [0.1, 0.15) is 0 Å². The number of carbonyl (C=O) groups excluding carboxylic acids is 2. The Labute approximate surface area is 172 Å². The average molecular weight is 433 g/mol. The van der Waals surface area contributed by atoms with E-state index < -0.39 is 32.9 Å². The summed E-state index contributed by atoms with van der Waals surface area (Å²) in [6, 6.07) is 10.7. The highest BCUT2D eigenvalue weighted by molar-refractivity contribution is 7.89. The van der Waals surface area contributed by atoms with Gasteiger partial charge in [-0.05, 0) is 54.5 Å². The predicted molar refractivity (Wildman–Crippen MR) is 109 cm³/mol. The molecule has 0 fully saturated rings. The summed E-state index contributed by atoms with van der Waals surface area (Å²) in [4.78, 5) is 34.3. The van der Waals surface area contributed by atoms with E-state index in [1.165, 1.54) is 54.6 Å². The topological polar surface area (TPSA) is 159 Å². The summed E-state index contributed by atoms with van der Waals surface area (Å²) >= 11 is 0. The molecule has 0 aliphatic rings. The molecule has 2 rings (SSSR count). The maximum absolute atomic E-state index is 12.3. The fraction of sp³-hybridized carbons (Fsp3) is 0.158. The van der Waals surface area contributed by atoms with Crippen LogP contribution in [0.15, 0.2) is 59.5 Å². The molecular formula is C19H19N3O7S. The Morgan fingerprint density at radius 2 is 1.77 bits per heavy atom. The molecule has 1 amide bonds. The number of nitrogens with zero attached hydrogens (tertiary/aromatic N) is 1. The highest BCUT2D eigenvalue weighted by Gasteiger charge is 2.20. The van der Waals surface area contributed by atoms with Crippen molar-refractivity contribution in [2.24, 2.45) is 5.14 Å². The van der Waals surface area contributed by atoms with Crippen molar-refractivity contribution in [1.29, 1.82) is 0 Å². The van der Waals surface area contributed by atoms with E-state index >= 15 is 0 Å². The molecule has 2 aromatic rings.